The maximum absolute atomic E-state index is 10.8. The Bertz CT molecular complexity index is 1010. The molecule has 0 spiro atoms. The van der Waals surface area contributed by atoms with Crippen LogP contribution < -0.4 is 5.14 Å². The summed E-state index contributed by atoms with van der Waals surface area (Å²) in [7, 11) is -2.33. The number of aliphatic imine (C=N–C) groups is 1. The van der Waals surface area contributed by atoms with E-state index in [0.29, 0.717) is 4.90 Å². The predicted octanol–water partition coefficient (Wildman–Crippen LogP) is 3.78. The topological polar surface area (TPSA) is 122 Å². The maximum Gasteiger partial charge on any atom is 0.238 e. The van der Waals surface area contributed by atoms with Gasteiger partial charge in [-0.25, -0.2) is 22.0 Å². The van der Waals surface area contributed by atoms with Crippen LogP contribution in [-0.2, 0) is 24.6 Å². The zero-order chi connectivity index (χ0) is 29.6. The highest BCUT2D eigenvalue weighted by molar-refractivity contribution is 7.90. The van der Waals surface area contributed by atoms with Gasteiger partial charge in [0.1, 0.15) is 0 Å². The third kappa shape index (κ3) is 18.9. The summed E-state index contributed by atoms with van der Waals surface area (Å²) in [5.41, 5.74) is 0. The molecule has 2 aliphatic heterocycles. The van der Waals surface area contributed by atoms with Crippen molar-refractivity contribution in [2.24, 2.45) is 10.1 Å². The standard InChI is InChI=1S/C7H8O2S.C6H7NO2S.C5H10N2.C5H11NO.2C2H6/c1-10(8,9)7-5-3-2-4-6-7;7-10(8,9)6-4-2-1-3-5-6;1-5-6-3-4-7(5)2;1-6-2-4-7-5-3-6;2*1-2/h2-6H,1H3;1-5H,(H2,7,8,9);3-4H2,1-2H3;2-5H2,1H3;2*1-2H3. The molecule has 0 unspecified atom stereocenters. The summed E-state index contributed by atoms with van der Waals surface area (Å²) in [6.07, 6.45) is 1.20. The molecule has 2 heterocycles. The first kappa shape index (κ1) is 37.8. The molecule has 0 aromatic heterocycles. The molecule has 218 valence electrons. The van der Waals surface area contributed by atoms with Crippen LogP contribution in [0.2, 0.25) is 0 Å². The second kappa shape index (κ2) is 21.6. The SMILES string of the molecule is CC.CC.CC1=NCCN1C.CN1CCOCC1.CS(=O)(=O)c1ccccc1.NS(=O)(=O)c1ccccc1. The number of sulfone groups is 1. The van der Waals surface area contributed by atoms with E-state index in [0.717, 1.165) is 39.4 Å². The highest BCUT2D eigenvalue weighted by Crippen LogP contribution is 2.05. The maximum atomic E-state index is 10.8. The van der Waals surface area contributed by atoms with Crippen LogP contribution >= 0.6 is 0 Å². The number of sulfonamides is 1. The second-order valence-corrected chi connectivity index (χ2v) is 11.3. The van der Waals surface area contributed by atoms with Gasteiger partial charge in [-0.2, -0.15) is 0 Å². The molecular weight excluding hydrogens is 524 g/mol. The number of morpholine rings is 1. The van der Waals surface area contributed by atoms with Crippen molar-refractivity contribution in [3.05, 3.63) is 60.7 Å². The smallest absolute Gasteiger partial charge is 0.238 e. The summed E-state index contributed by atoms with van der Waals surface area (Å²) in [4.78, 5) is 9.10. The zero-order valence-electron chi connectivity index (χ0n) is 24.3. The number of likely N-dealkylation sites (N-methyl/N-ethyl adjacent to an activating group) is 2. The lowest BCUT2D eigenvalue weighted by molar-refractivity contribution is 0.0503. The number of ether oxygens (including phenoxy) is 1. The second-order valence-electron chi connectivity index (χ2n) is 7.71. The molecule has 2 N–H and O–H groups in total. The van der Waals surface area contributed by atoms with Crippen molar-refractivity contribution >= 4 is 25.7 Å². The van der Waals surface area contributed by atoms with Crippen molar-refractivity contribution in [3.63, 3.8) is 0 Å². The van der Waals surface area contributed by atoms with Gasteiger partial charge in [0.05, 0.1) is 35.4 Å². The monoisotopic (exact) mass is 572 g/mol. The fourth-order valence-electron chi connectivity index (χ4n) is 2.58. The van der Waals surface area contributed by atoms with E-state index in [1.54, 1.807) is 48.5 Å². The van der Waals surface area contributed by atoms with E-state index >= 15 is 0 Å². The molecule has 2 aromatic rings. The van der Waals surface area contributed by atoms with Crippen molar-refractivity contribution in [2.45, 2.75) is 44.4 Å². The number of primary sulfonamides is 1. The first-order valence-electron chi connectivity index (χ1n) is 12.7. The van der Waals surface area contributed by atoms with Gasteiger partial charge in [-0.3, -0.25) is 4.99 Å². The van der Waals surface area contributed by atoms with Crippen LogP contribution in [0.5, 0.6) is 0 Å². The third-order valence-electron chi connectivity index (χ3n) is 4.81. The average Bonchev–Trinajstić information content (AvgIpc) is 3.30. The molecule has 4 rings (SSSR count). The number of hydrogen-bond acceptors (Lipinski definition) is 8. The molecular formula is C27H48N4O5S2. The van der Waals surface area contributed by atoms with Crippen molar-refractivity contribution in [2.75, 3.05) is 59.7 Å². The van der Waals surface area contributed by atoms with E-state index in [9.17, 15) is 16.8 Å². The molecule has 1 saturated heterocycles. The normalized spacial score (nSPS) is 14.7. The Morgan fingerprint density at radius 3 is 1.37 bits per heavy atom. The molecule has 38 heavy (non-hydrogen) atoms. The van der Waals surface area contributed by atoms with Crippen LogP contribution in [0.4, 0.5) is 0 Å². The Balaban J connectivity index is 0. The molecule has 9 nitrogen and oxygen atoms in total. The van der Waals surface area contributed by atoms with Crippen LogP contribution in [0, 0.1) is 0 Å². The van der Waals surface area contributed by atoms with Gasteiger partial charge < -0.3 is 14.5 Å². The Kier molecular flexibility index (Phi) is 21.5. The minimum atomic E-state index is -3.50. The van der Waals surface area contributed by atoms with Crippen LogP contribution in [0.3, 0.4) is 0 Å². The number of benzene rings is 2. The zero-order valence-corrected chi connectivity index (χ0v) is 25.9. The van der Waals surface area contributed by atoms with Crippen molar-refractivity contribution in [3.8, 4) is 0 Å². The van der Waals surface area contributed by atoms with Gasteiger partial charge in [0.15, 0.2) is 9.84 Å². The van der Waals surface area contributed by atoms with Crippen LogP contribution in [0.15, 0.2) is 75.4 Å². The van der Waals surface area contributed by atoms with Gasteiger partial charge in [-0.05, 0) is 38.2 Å². The number of nitrogens with two attached hydrogens (primary N) is 1. The summed E-state index contributed by atoms with van der Waals surface area (Å²) in [6.45, 7) is 16.1. The van der Waals surface area contributed by atoms with E-state index in [-0.39, 0.29) is 4.90 Å². The molecule has 0 saturated carbocycles. The van der Waals surface area contributed by atoms with Crippen LogP contribution in [-0.4, -0.2) is 92.2 Å². The number of nitrogens with zero attached hydrogens (tertiary/aromatic N) is 3. The van der Waals surface area contributed by atoms with Gasteiger partial charge in [-0.15, -0.1) is 0 Å². The molecule has 0 atom stereocenters. The Morgan fingerprint density at radius 2 is 1.18 bits per heavy atom. The summed E-state index contributed by atoms with van der Waals surface area (Å²) in [5, 5.41) is 4.83. The average molecular weight is 573 g/mol. The van der Waals surface area contributed by atoms with E-state index < -0.39 is 19.9 Å². The third-order valence-corrected chi connectivity index (χ3v) is 6.86. The van der Waals surface area contributed by atoms with E-state index in [1.165, 1.54) is 24.2 Å². The molecule has 2 aromatic carbocycles. The minimum Gasteiger partial charge on any atom is -0.379 e. The van der Waals surface area contributed by atoms with E-state index in [1.807, 2.05) is 34.6 Å². The van der Waals surface area contributed by atoms with Gasteiger partial charge in [0.2, 0.25) is 10.0 Å². The lowest BCUT2D eigenvalue weighted by Crippen LogP contribution is -2.32. The van der Waals surface area contributed by atoms with Crippen LogP contribution in [0.25, 0.3) is 0 Å². The quantitative estimate of drug-likeness (QED) is 0.581. The fourth-order valence-corrected chi connectivity index (χ4v) is 3.76. The Hall–Kier alpha value is -2.31. The Morgan fingerprint density at radius 1 is 0.763 bits per heavy atom. The molecule has 0 bridgehead atoms. The largest absolute Gasteiger partial charge is 0.379 e. The van der Waals surface area contributed by atoms with Gasteiger partial charge in [0, 0.05) is 32.9 Å². The fraction of sp³-hybridized carbons (Fsp3) is 0.519. The lowest BCUT2D eigenvalue weighted by Gasteiger charge is -2.21. The first-order chi connectivity index (χ1) is 17.9. The molecule has 2 aliphatic rings. The molecule has 11 heteroatoms. The predicted molar refractivity (Wildman–Crippen MR) is 159 cm³/mol. The molecule has 0 aliphatic carbocycles. The van der Waals surface area contributed by atoms with Crippen molar-refractivity contribution < 1.29 is 21.6 Å². The molecule has 0 radical (unpaired) electrons. The summed E-state index contributed by atoms with van der Waals surface area (Å²) < 4.78 is 48.0. The highest BCUT2D eigenvalue weighted by Gasteiger charge is 2.05. The van der Waals surface area contributed by atoms with E-state index in [2.05, 4.69) is 28.9 Å². The highest BCUT2D eigenvalue weighted by atomic mass is 32.2. The Labute approximate surface area is 231 Å². The number of amidine groups is 1. The first-order valence-corrected chi connectivity index (χ1v) is 16.2. The van der Waals surface area contributed by atoms with Gasteiger partial charge in [-0.1, -0.05) is 64.1 Å². The van der Waals surface area contributed by atoms with Crippen molar-refractivity contribution in [1.82, 2.24) is 9.80 Å². The summed E-state index contributed by atoms with van der Waals surface area (Å²) in [6, 6.07) is 16.2. The molecule has 0 amide bonds. The van der Waals surface area contributed by atoms with Gasteiger partial charge >= 0.3 is 0 Å². The van der Waals surface area contributed by atoms with E-state index in [4.69, 9.17) is 9.88 Å². The van der Waals surface area contributed by atoms with Crippen molar-refractivity contribution in [1.29, 1.82) is 0 Å². The van der Waals surface area contributed by atoms with Crippen LogP contribution in [0.1, 0.15) is 34.6 Å². The summed E-state index contributed by atoms with van der Waals surface area (Å²) >= 11 is 0. The number of rotatable bonds is 2. The lowest BCUT2D eigenvalue weighted by atomic mass is 10.4. The molecule has 1 fully saturated rings. The minimum absolute atomic E-state index is 0.148. The van der Waals surface area contributed by atoms with Gasteiger partial charge in [0.25, 0.3) is 0 Å². The summed E-state index contributed by atoms with van der Waals surface area (Å²) in [5.74, 6) is 1.17. The number of hydrogen-bond donors (Lipinski definition) is 1.